The fourth-order valence-electron chi connectivity index (χ4n) is 4.59. The Balaban J connectivity index is 1.47. The number of nitrogens with one attached hydrogen (secondary N) is 1. The van der Waals surface area contributed by atoms with Crippen LogP contribution < -0.4 is 10.1 Å². The Morgan fingerprint density at radius 3 is 2.37 bits per heavy atom. The van der Waals surface area contributed by atoms with Crippen LogP contribution in [-0.2, 0) is 21.9 Å². The number of aromatic nitrogens is 2. The van der Waals surface area contributed by atoms with Crippen molar-refractivity contribution in [1.29, 1.82) is 0 Å². The van der Waals surface area contributed by atoms with E-state index in [9.17, 15) is 13.2 Å². The van der Waals surface area contributed by atoms with Crippen LogP contribution in [0.5, 0.6) is 5.75 Å². The first kappa shape index (κ1) is 24.9. The van der Waals surface area contributed by atoms with Crippen LogP contribution in [-0.4, -0.2) is 48.4 Å². The number of methoxy groups -OCH3 is 1. The molecule has 1 aliphatic heterocycles. The van der Waals surface area contributed by atoms with Crippen molar-refractivity contribution in [2.75, 3.05) is 20.2 Å². The van der Waals surface area contributed by atoms with Gasteiger partial charge in [0.05, 0.1) is 12.0 Å². The molecule has 4 rings (SSSR count). The zero-order valence-corrected chi connectivity index (χ0v) is 21.4. The van der Waals surface area contributed by atoms with Gasteiger partial charge in [-0.1, -0.05) is 29.8 Å². The summed E-state index contributed by atoms with van der Waals surface area (Å²) in [7, 11) is -0.0948. The summed E-state index contributed by atoms with van der Waals surface area (Å²) in [5, 5.41) is 3.15. The van der Waals surface area contributed by atoms with E-state index < -0.39 is 16.1 Å². The number of nitrogens with zero attached hydrogens (tertiary/aromatic N) is 3. The van der Waals surface area contributed by atoms with Crippen molar-refractivity contribution in [1.82, 2.24) is 19.2 Å². The minimum absolute atomic E-state index is 0.0996. The van der Waals surface area contributed by atoms with E-state index in [-0.39, 0.29) is 11.8 Å². The number of sulfonamides is 1. The number of carbonyl (C=O) groups excluding carboxylic acids is 1. The number of amides is 1. The minimum Gasteiger partial charge on any atom is -0.497 e. The molecule has 1 unspecified atom stereocenters. The number of ether oxygens (including phenoxy) is 1. The largest absolute Gasteiger partial charge is 0.497 e. The van der Waals surface area contributed by atoms with Gasteiger partial charge in [-0.15, -0.1) is 0 Å². The summed E-state index contributed by atoms with van der Waals surface area (Å²) in [6, 6.07) is 12.5. The molecule has 0 bridgehead atoms. The van der Waals surface area contributed by atoms with Crippen LogP contribution in [0, 0.1) is 19.8 Å². The molecule has 186 valence electrons. The fraction of sp³-hybridized carbons (Fsp3) is 0.385. The molecule has 1 aromatic heterocycles. The standard InChI is InChI=1S/C26H32N4O4S/c1-18-5-10-23(19(2)17-18)35(32,33)30-14-11-21(12-15-30)26(31)28-24(25-27-13-16-29(25)3)20-6-8-22(34-4)9-7-20/h5-10,13,16-17,21,24H,11-12,14-15H2,1-4H3,(H,28,31). The molecule has 1 atom stereocenters. The van der Waals surface area contributed by atoms with Gasteiger partial charge in [0.25, 0.3) is 0 Å². The van der Waals surface area contributed by atoms with Crippen LogP contribution in [0.2, 0.25) is 0 Å². The third-order valence-electron chi connectivity index (χ3n) is 6.63. The van der Waals surface area contributed by atoms with Gasteiger partial charge in [-0.3, -0.25) is 4.79 Å². The molecule has 0 saturated carbocycles. The molecule has 0 spiro atoms. The van der Waals surface area contributed by atoms with Crippen molar-refractivity contribution in [3.63, 3.8) is 0 Å². The molecule has 35 heavy (non-hydrogen) atoms. The molecule has 3 aromatic rings. The smallest absolute Gasteiger partial charge is 0.243 e. The van der Waals surface area contributed by atoms with Gasteiger partial charge in [-0.05, 0) is 56.0 Å². The second-order valence-corrected chi connectivity index (χ2v) is 11.0. The van der Waals surface area contributed by atoms with Crippen LogP contribution in [0.25, 0.3) is 0 Å². The molecule has 1 N–H and O–H groups in total. The van der Waals surface area contributed by atoms with Crippen LogP contribution in [0.15, 0.2) is 59.8 Å². The number of aryl methyl sites for hydroxylation is 3. The Hall–Kier alpha value is -3.17. The lowest BCUT2D eigenvalue weighted by Crippen LogP contribution is -2.44. The topological polar surface area (TPSA) is 93.5 Å². The highest BCUT2D eigenvalue weighted by Crippen LogP contribution is 2.28. The molecule has 1 aliphatic rings. The zero-order chi connectivity index (χ0) is 25.2. The van der Waals surface area contributed by atoms with E-state index in [2.05, 4.69) is 10.3 Å². The van der Waals surface area contributed by atoms with Gasteiger partial charge in [-0.2, -0.15) is 4.31 Å². The second-order valence-electron chi connectivity index (χ2n) is 9.06. The maximum Gasteiger partial charge on any atom is 0.243 e. The number of imidazole rings is 1. The first-order chi connectivity index (χ1) is 16.7. The molecule has 1 amide bonds. The number of carbonyl (C=O) groups is 1. The van der Waals surface area contributed by atoms with Crippen LogP contribution in [0.1, 0.15) is 41.4 Å². The molecule has 0 aliphatic carbocycles. The summed E-state index contributed by atoms with van der Waals surface area (Å²) in [4.78, 5) is 18.1. The third kappa shape index (κ3) is 5.26. The van der Waals surface area contributed by atoms with Gasteiger partial charge >= 0.3 is 0 Å². The quantitative estimate of drug-likeness (QED) is 0.542. The highest BCUT2D eigenvalue weighted by Gasteiger charge is 2.34. The Labute approximate surface area is 207 Å². The van der Waals surface area contributed by atoms with Gasteiger partial charge in [0.2, 0.25) is 15.9 Å². The number of benzene rings is 2. The summed E-state index contributed by atoms with van der Waals surface area (Å²) in [6.45, 7) is 4.38. The second kappa shape index (κ2) is 10.2. The summed E-state index contributed by atoms with van der Waals surface area (Å²) < 4.78 is 35.1. The Bertz CT molecular complexity index is 1290. The fourth-order valence-corrected chi connectivity index (χ4v) is 6.27. The van der Waals surface area contributed by atoms with E-state index in [1.807, 2.05) is 68.1 Å². The lowest BCUT2D eigenvalue weighted by molar-refractivity contribution is -0.126. The van der Waals surface area contributed by atoms with Crippen molar-refractivity contribution in [3.05, 3.63) is 77.4 Å². The summed E-state index contributed by atoms with van der Waals surface area (Å²) in [6.07, 6.45) is 4.47. The average Bonchev–Trinajstić information content (AvgIpc) is 3.27. The van der Waals surface area contributed by atoms with Crippen LogP contribution >= 0.6 is 0 Å². The molecule has 8 nitrogen and oxygen atoms in total. The average molecular weight is 497 g/mol. The Morgan fingerprint density at radius 1 is 1.11 bits per heavy atom. The lowest BCUT2D eigenvalue weighted by Gasteiger charge is -2.32. The molecule has 0 radical (unpaired) electrons. The molecule has 1 saturated heterocycles. The number of rotatable bonds is 7. The predicted octanol–water partition coefficient (Wildman–Crippen LogP) is 3.35. The van der Waals surface area contributed by atoms with Crippen molar-refractivity contribution < 1.29 is 17.9 Å². The van der Waals surface area contributed by atoms with Gasteiger partial charge in [0.1, 0.15) is 17.6 Å². The van der Waals surface area contributed by atoms with E-state index in [1.165, 1.54) is 4.31 Å². The van der Waals surface area contributed by atoms with Gasteiger partial charge in [0.15, 0.2) is 0 Å². The highest BCUT2D eigenvalue weighted by molar-refractivity contribution is 7.89. The van der Waals surface area contributed by atoms with Crippen molar-refractivity contribution in [2.45, 2.75) is 37.6 Å². The van der Waals surface area contributed by atoms with Gasteiger partial charge in [-0.25, -0.2) is 13.4 Å². The zero-order valence-electron chi connectivity index (χ0n) is 20.6. The van der Waals surface area contributed by atoms with E-state index in [4.69, 9.17) is 4.74 Å². The van der Waals surface area contributed by atoms with Crippen molar-refractivity contribution >= 4 is 15.9 Å². The summed E-state index contributed by atoms with van der Waals surface area (Å²) in [5.74, 6) is 1.08. The SMILES string of the molecule is COc1ccc(C(NC(=O)C2CCN(S(=O)(=O)c3ccc(C)cc3C)CC2)c2nccn2C)cc1. The molecular formula is C26H32N4O4S. The molecule has 2 heterocycles. The minimum atomic E-state index is -3.60. The van der Waals surface area contributed by atoms with E-state index >= 15 is 0 Å². The molecule has 9 heteroatoms. The number of piperidine rings is 1. The molecule has 2 aromatic carbocycles. The third-order valence-corrected chi connectivity index (χ3v) is 8.68. The monoisotopic (exact) mass is 496 g/mol. The lowest BCUT2D eigenvalue weighted by atomic mass is 9.96. The molecular weight excluding hydrogens is 464 g/mol. The van der Waals surface area contributed by atoms with E-state index in [1.54, 1.807) is 19.4 Å². The van der Waals surface area contributed by atoms with E-state index in [0.717, 1.165) is 28.3 Å². The van der Waals surface area contributed by atoms with E-state index in [0.29, 0.717) is 30.8 Å². The maximum atomic E-state index is 13.3. The first-order valence-electron chi connectivity index (χ1n) is 11.7. The van der Waals surface area contributed by atoms with Gasteiger partial charge in [0, 0.05) is 38.4 Å². The Kier molecular flexibility index (Phi) is 7.28. The number of hydrogen-bond donors (Lipinski definition) is 1. The van der Waals surface area contributed by atoms with Crippen LogP contribution in [0.3, 0.4) is 0 Å². The Morgan fingerprint density at radius 2 is 1.80 bits per heavy atom. The van der Waals surface area contributed by atoms with Crippen molar-refractivity contribution in [2.24, 2.45) is 13.0 Å². The molecule has 1 fully saturated rings. The first-order valence-corrected chi connectivity index (χ1v) is 13.1. The summed E-state index contributed by atoms with van der Waals surface area (Å²) >= 11 is 0. The highest BCUT2D eigenvalue weighted by atomic mass is 32.2. The number of hydrogen-bond acceptors (Lipinski definition) is 5. The predicted molar refractivity (Wildman–Crippen MR) is 134 cm³/mol. The van der Waals surface area contributed by atoms with Crippen molar-refractivity contribution in [3.8, 4) is 5.75 Å². The van der Waals surface area contributed by atoms with Crippen LogP contribution in [0.4, 0.5) is 0 Å². The summed E-state index contributed by atoms with van der Waals surface area (Å²) in [5.41, 5.74) is 2.65. The normalized spacial score (nSPS) is 16.1. The maximum absolute atomic E-state index is 13.3. The van der Waals surface area contributed by atoms with Gasteiger partial charge < -0.3 is 14.6 Å².